The van der Waals surface area contributed by atoms with Crippen molar-refractivity contribution in [1.29, 1.82) is 0 Å². The number of hydrogen-bond donors (Lipinski definition) is 5. The summed E-state index contributed by atoms with van der Waals surface area (Å²) >= 11 is 10.9. The highest BCUT2D eigenvalue weighted by atomic mass is 35.5. The van der Waals surface area contributed by atoms with Gasteiger partial charge in [0, 0.05) is 18.0 Å². The molecule has 0 spiro atoms. The first-order valence-corrected chi connectivity index (χ1v) is 8.59. The van der Waals surface area contributed by atoms with Crippen molar-refractivity contribution in [1.82, 2.24) is 16.2 Å². The Morgan fingerprint density at radius 2 is 2.08 bits per heavy atom. The van der Waals surface area contributed by atoms with Crippen LogP contribution in [0.25, 0.3) is 0 Å². The van der Waals surface area contributed by atoms with Crippen LogP contribution in [0.5, 0.6) is 5.75 Å². The first kappa shape index (κ1) is 18.7. The lowest BCUT2D eigenvalue weighted by atomic mass is 10.2. The van der Waals surface area contributed by atoms with E-state index in [-0.39, 0.29) is 11.3 Å². The second-order valence-electron chi connectivity index (χ2n) is 5.46. The van der Waals surface area contributed by atoms with E-state index in [0.717, 1.165) is 39.3 Å². The maximum atomic E-state index is 12.0. The van der Waals surface area contributed by atoms with Crippen LogP contribution in [0, 0.1) is 0 Å². The number of benzene rings is 1. The van der Waals surface area contributed by atoms with Gasteiger partial charge in [-0.3, -0.25) is 15.6 Å². The Morgan fingerprint density at radius 1 is 1.33 bits per heavy atom. The van der Waals surface area contributed by atoms with Crippen molar-refractivity contribution in [3.05, 3.63) is 28.8 Å². The molecule has 1 amide bonds. The van der Waals surface area contributed by atoms with Crippen LogP contribution in [0.1, 0.15) is 16.8 Å². The lowest BCUT2D eigenvalue weighted by Gasteiger charge is -2.23. The number of ether oxygens (including phenoxy) is 1. The number of aromatic hydroxyl groups is 1. The molecule has 7 nitrogen and oxygen atoms in total. The van der Waals surface area contributed by atoms with Gasteiger partial charge in [-0.2, -0.15) is 0 Å². The number of amides is 1. The van der Waals surface area contributed by atoms with Crippen LogP contribution in [0.2, 0.25) is 5.02 Å². The number of phenolic OH excluding ortho intramolecular Hbond substituents is 1. The molecule has 2 rings (SSSR count). The number of morpholine rings is 1. The van der Waals surface area contributed by atoms with Crippen molar-refractivity contribution in [2.24, 2.45) is 0 Å². The van der Waals surface area contributed by atoms with E-state index in [1.54, 1.807) is 0 Å². The first-order valence-electron chi connectivity index (χ1n) is 7.80. The monoisotopic (exact) mass is 373 g/mol. The van der Waals surface area contributed by atoms with Crippen molar-refractivity contribution in [2.75, 3.05) is 39.4 Å². The highest BCUT2D eigenvalue weighted by Gasteiger charge is 2.13. The van der Waals surface area contributed by atoms with Crippen molar-refractivity contribution in [3.63, 3.8) is 0 Å². The average molecular weight is 374 g/mol. The first-order chi connectivity index (χ1) is 11.6. The Bertz CT molecular complexity index is 582. The molecule has 1 aromatic rings. The van der Waals surface area contributed by atoms with Crippen LogP contribution in [0.15, 0.2) is 18.2 Å². The Balaban J connectivity index is 1.63. The highest BCUT2D eigenvalue weighted by Crippen LogP contribution is 2.20. The lowest BCUT2D eigenvalue weighted by molar-refractivity contribution is -0.908. The molecule has 9 heteroatoms. The molecule has 132 valence electrons. The van der Waals surface area contributed by atoms with Gasteiger partial charge in [-0.1, -0.05) is 11.6 Å². The third kappa shape index (κ3) is 6.12. The SMILES string of the molecule is O=C(NNC(=S)NCCC[NH+]1CCOCC1)c1cc(Cl)ccc1O. The summed E-state index contributed by atoms with van der Waals surface area (Å²) in [5, 5.41) is 13.4. The number of hydrogen-bond acceptors (Lipinski definition) is 4. The van der Waals surface area contributed by atoms with Crippen LogP contribution in [0.4, 0.5) is 0 Å². The molecule has 0 unspecified atom stereocenters. The molecule has 1 fully saturated rings. The van der Waals surface area contributed by atoms with E-state index < -0.39 is 5.91 Å². The molecular weight excluding hydrogens is 352 g/mol. The van der Waals surface area contributed by atoms with Crippen molar-refractivity contribution in [3.8, 4) is 5.75 Å². The minimum Gasteiger partial charge on any atom is -0.507 e. The van der Waals surface area contributed by atoms with Gasteiger partial charge in [0.2, 0.25) is 0 Å². The number of nitrogens with one attached hydrogen (secondary N) is 4. The third-order valence-corrected chi connectivity index (χ3v) is 4.17. The van der Waals surface area contributed by atoms with Gasteiger partial charge in [0.15, 0.2) is 5.11 Å². The van der Waals surface area contributed by atoms with Crippen molar-refractivity contribution < 1.29 is 19.5 Å². The van der Waals surface area contributed by atoms with Crippen LogP contribution >= 0.6 is 23.8 Å². The Morgan fingerprint density at radius 3 is 2.83 bits per heavy atom. The number of rotatable bonds is 5. The lowest BCUT2D eigenvalue weighted by Crippen LogP contribution is -3.14. The molecule has 0 aromatic heterocycles. The highest BCUT2D eigenvalue weighted by molar-refractivity contribution is 7.80. The van der Waals surface area contributed by atoms with Gasteiger partial charge < -0.3 is 20.1 Å². The molecule has 1 aliphatic heterocycles. The summed E-state index contributed by atoms with van der Waals surface area (Å²) in [6.07, 6.45) is 0.972. The zero-order valence-corrected chi connectivity index (χ0v) is 14.8. The molecule has 1 aromatic carbocycles. The smallest absolute Gasteiger partial charge is 0.273 e. The second kappa shape index (κ2) is 9.63. The number of phenols is 1. The van der Waals surface area contributed by atoms with Gasteiger partial charge >= 0.3 is 0 Å². The quantitative estimate of drug-likeness (QED) is 0.271. The molecular formula is C15H22ClN4O3S+. The molecule has 1 aliphatic rings. The fourth-order valence-electron chi connectivity index (χ4n) is 2.37. The van der Waals surface area contributed by atoms with Gasteiger partial charge in [-0.15, -0.1) is 0 Å². The van der Waals surface area contributed by atoms with Gasteiger partial charge in [-0.05, 0) is 30.4 Å². The zero-order chi connectivity index (χ0) is 17.4. The Kier molecular flexibility index (Phi) is 7.51. The largest absolute Gasteiger partial charge is 0.507 e. The van der Waals surface area contributed by atoms with E-state index in [1.165, 1.54) is 23.1 Å². The summed E-state index contributed by atoms with van der Waals surface area (Å²) in [5.41, 5.74) is 5.11. The van der Waals surface area contributed by atoms with Crippen molar-refractivity contribution in [2.45, 2.75) is 6.42 Å². The molecule has 0 saturated carbocycles. The topological polar surface area (TPSA) is 87.1 Å². The third-order valence-electron chi connectivity index (χ3n) is 3.69. The van der Waals surface area contributed by atoms with E-state index in [2.05, 4.69) is 16.2 Å². The Labute approximate surface area is 151 Å². The van der Waals surface area contributed by atoms with Crippen LogP contribution in [-0.4, -0.2) is 55.5 Å². The number of carbonyl (C=O) groups excluding carboxylic acids is 1. The normalized spacial score (nSPS) is 14.9. The standard InChI is InChI=1S/C15H21ClN4O3S/c16-11-2-3-13(21)12(10-11)14(22)18-19-15(24)17-4-1-5-20-6-8-23-9-7-20/h2-3,10,21H,1,4-9H2,(H,18,22)(H2,17,19,24)/p+1. The predicted molar refractivity (Wildman–Crippen MR) is 95.3 cm³/mol. The number of quaternary nitrogens is 1. The number of halogens is 1. The maximum absolute atomic E-state index is 12.0. The average Bonchev–Trinajstić information content (AvgIpc) is 2.59. The van der Waals surface area contributed by atoms with Gasteiger partial charge in [0.1, 0.15) is 18.8 Å². The molecule has 0 bridgehead atoms. The molecule has 0 radical (unpaired) electrons. The van der Waals surface area contributed by atoms with Gasteiger partial charge in [-0.25, -0.2) is 0 Å². The number of thiocarbonyl (C=S) groups is 1. The fraction of sp³-hybridized carbons (Fsp3) is 0.467. The Hall–Kier alpha value is -1.61. The maximum Gasteiger partial charge on any atom is 0.273 e. The molecule has 1 heterocycles. The minimum atomic E-state index is -0.517. The summed E-state index contributed by atoms with van der Waals surface area (Å²) in [4.78, 5) is 13.5. The van der Waals surface area contributed by atoms with E-state index in [9.17, 15) is 9.90 Å². The van der Waals surface area contributed by atoms with E-state index in [1.807, 2.05) is 0 Å². The molecule has 0 aliphatic carbocycles. The number of hydrazine groups is 1. The molecule has 5 N–H and O–H groups in total. The van der Waals surface area contributed by atoms with Gasteiger partial charge in [0.25, 0.3) is 5.91 Å². The zero-order valence-electron chi connectivity index (χ0n) is 13.2. The number of carbonyl (C=O) groups is 1. The van der Waals surface area contributed by atoms with Crippen LogP contribution in [-0.2, 0) is 4.74 Å². The summed E-state index contributed by atoms with van der Waals surface area (Å²) < 4.78 is 5.32. The van der Waals surface area contributed by atoms with Gasteiger partial charge in [0.05, 0.1) is 25.3 Å². The second-order valence-corrected chi connectivity index (χ2v) is 6.31. The van der Waals surface area contributed by atoms with E-state index in [0.29, 0.717) is 16.7 Å². The molecule has 1 saturated heterocycles. The summed E-state index contributed by atoms with van der Waals surface area (Å²) in [6.45, 7) is 5.51. The van der Waals surface area contributed by atoms with Crippen molar-refractivity contribution >= 4 is 34.8 Å². The predicted octanol–water partition coefficient (Wildman–Crippen LogP) is -0.540. The molecule has 0 atom stereocenters. The summed E-state index contributed by atoms with van der Waals surface area (Å²) in [7, 11) is 0. The fourth-order valence-corrected chi connectivity index (χ4v) is 2.69. The van der Waals surface area contributed by atoms with E-state index >= 15 is 0 Å². The minimum absolute atomic E-state index is 0.0775. The summed E-state index contributed by atoms with van der Waals surface area (Å²) in [5.74, 6) is -0.664. The van der Waals surface area contributed by atoms with E-state index in [4.69, 9.17) is 28.6 Å². The van der Waals surface area contributed by atoms with Crippen LogP contribution in [0.3, 0.4) is 0 Å². The molecule has 24 heavy (non-hydrogen) atoms. The van der Waals surface area contributed by atoms with Crippen LogP contribution < -0.4 is 21.1 Å². The summed E-state index contributed by atoms with van der Waals surface area (Å²) in [6, 6.07) is 4.25.